The van der Waals surface area contributed by atoms with Crippen molar-refractivity contribution in [3.8, 4) is 0 Å². The van der Waals surface area contributed by atoms with Crippen molar-refractivity contribution in [1.29, 1.82) is 0 Å². The number of benzene rings is 2. The van der Waals surface area contributed by atoms with Crippen LogP contribution in [0.5, 0.6) is 0 Å². The van der Waals surface area contributed by atoms with Gasteiger partial charge in [0.2, 0.25) is 15.9 Å². The first-order chi connectivity index (χ1) is 15.6. The number of anilines is 2. The van der Waals surface area contributed by atoms with Gasteiger partial charge in [-0.3, -0.25) is 4.79 Å². The van der Waals surface area contributed by atoms with Gasteiger partial charge < -0.3 is 15.1 Å². The number of nitrogens with zero attached hydrogens (tertiary/aromatic N) is 3. The van der Waals surface area contributed by atoms with Gasteiger partial charge in [0.1, 0.15) is 4.90 Å². The fraction of sp³-hybridized carbons (Fsp3) is 0.435. The largest absolute Gasteiger partial charge is 0.370 e. The number of rotatable bonds is 8. The molecule has 0 radical (unpaired) electrons. The number of hydrogen-bond acceptors (Lipinski definition) is 5. The number of likely N-dealkylation sites (N-methyl/N-ethyl adjacent to an activating group) is 1. The van der Waals surface area contributed by atoms with Gasteiger partial charge >= 0.3 is 0 Å². The normalized spacial score (nSPS) is 16.9. The molecule has 1 amide bonds. The highest BCUT2D eigenvalue weighted by Crippen LogP contribution is 2.30. The molecular formula is C23H30Cl2N4O3S. The highest BCUT2D eigenvalue weighted by Gasteiger charge is 2.25. The first-order valence-corrected chi connectivity index (χ1v) is 13.0. The van der Waals surface area contributed by atoms with Crippen molar-refractivity contribution in [1.82, 2.24) is 9.21 Å². The Labute approximate surface area is 206 Å². The summed E-state index contributed by atoms with van der Waals surface area (Å²) in [5.41, 5.74) is 1.80. The molecule has 1 aliphatic heterocycles. The van der Waals surface area contributed by atoms with Crippen LogP contribution in [0.4, 0.5) is 11.4 Å². The minimum Gasteiger partial charge on any atom is -0.370 e. The van der Waals surface area contributed by atoms with Crippen molar-refractivity contribution in [2.24, 2.45) is 0 Å². The number of carbonyl (C=O) groups is 1. The van der Waals surface area contributed by atoms with Crippen LogP contribution in [-0.4, -0.2) is 70.3 Å². The first-order valence-electron chi connectivity index (χ1n) is 10.8. The van der Waals surface area contributed by atoms with E-state index in [1.54, 1.807) is 0 Å². The molecule has 3 rings (SSSR count). The quantitative estimate of drug-likeness (QED) is 0.574. The molecule has 1 unspecified atom stereocenters. The molecule has 180 valence electrons. The van der Waals surface area contributed by atoms with Crippen LogP contribution >= 0.6 is 23.2 Å². The summed E-state index contributed by atoms with van der Waals surface area (Å²) in [5, 5.41) is 2.97. The van der Waals surface area contributed by atoms with E-state index in [1.165, 1.54) is 31.7 Å². The van der Waals surface area contributed by atoms with Gasteiger partial charge in [0, 0.05) is 50.5 Å². The number of halogens is 2. The summed E-state index contributed by atoms with van der Waals surface area (Å²) in [7, 11) is 1.77. The Bertz CT molecular complexity index is 1080. The van der Waals surface area contributed by atoms with Crippen LogP contribution in [0.2, 0.25) is 10.0 Å². The number of amides is 1. The molecule has 1 saturated heterocycles. The van der Waals surface area contributed by atoms with Gasteiger partial charge in [0.15, 0.2) is 0 Å². The Kier molecular flexibility index (Phi) is 8.64. The SMILES string of the molecule is CN(C)C1CCCN(c2ccc(NC(=O)CCN(C)S(=O)(=O)c3cccc(Cl)c3Cl)cc2)C1. The standard InChI is InChI=1S/C23H30Cl2N4O3S/c1-27(2)19-6-5-14-29(16-19)18-11-9-17(10-12-18)26-22(30)13-15-28(3)33(31,32)21-8-4-7-20(24)23(21)25/h4,7-12,19H,5-6,13-16H2,1-3H3,(H,26,30). The van der Waals surface area contributed by atoms with Crippen LogP contribution in [-0.2, 0) is 14.8 Å². The van der Waals surface area contributed by atoms with Gasteiger partial charge in [0.05, 0.1) is 10.0 Å². The zero-order chi connectivity index (χ0) is 24.2. The van der Waals surface area contributed by atoms with E-state index in [-0.39, 0.29) is 33.8 Å². The molecule has 1 atom stereocenters. The minimum atomic E-state index is -3.86. The second kappa shape index (κ2) is 11.1. The van der Waals surface area contributed by atoms with Crippen LogP contribution < -0.4 is 10.2 Å². The maximum absolute atomic E-state index is 12.8. The van der Waals surface area contributed by atoms with E-state index in [2.05, 4.69) is 29.2 Å². The van der Waals surface area contributed by atoms with Gasteiger partial charge in [-0.15, -0.1) is 0 Å². The molecule has 7 nitrogen and oxygen atoms in total. The van der Waals surface area contributed by atoms with E-state index in [1.807, 2.05) is 24.3 Å². The molecule has 2 aromatic carbocycles. The predicted molar refractivity (Wildman–Crippen MR) is 135 cm³/mol. The Hall–Kier alpha value is -1.84. The monoisotopic (exact) mass is 512 g/mol. The third-order valence-corrected chi connectivity index (χ3v) is 8.73. The fourth-order valence-corrected chi connectivity index (χ4v) is 5.72. The lowest BCUT2D eigenvalue weighted by Gasteiger charge is -2.37. The summed E-state index contributed by atoms with van der Waals surface area (Å²) in [6.07, 6.45) is 2.36. The fourth-order valence-electron chi connectivity index (χ4n) is 3.82. The molecule has 1 N–H and O–H groups in total. The summed E-state index contributed by atoms with van der Waals surface area (Å²) in [4.78, 5) is 17.0. The third kappa shape index (κ3) is 6.39. The molecule has 1 fully saturated rings. The summed E-state index contributed by atoms with van der Waals surface area (Å²) in [5.74, 6) is -0.271. The number of piperidine rings is 1. The Morgan fingerprint density at radius 2 is 1.82 bits per heavy atom. The lowest BCUT2D eigenvalue weighted by molar-refractivity contribution is -0.116. The zero-order valence-electron chi connectivity index (χ0n) is 19.1. The molecule has 1 aliphatic rings. The molecule has 0 saturated carbocycles. The third-order valence-electron chi connectivity index (χ3n) is 5.90. The highest BCUT2D eigenvalue weighted by atomic mass is 35.5. The van der Waals surface area contributed by atoms with Gasteiger partial charge in [-0.2, -0.15) is 0 Å². The van der Waals surface area contributed by atoms with Crippen molar-refractivity contribution < 1.29 is 13.2 Å². The Balaban J connectivity index is 1.55. The summed E-state index contributed by atoms with van der Waals surface area (Å²) in [6.45, 7) is 2.01. The van der Waals surface area contributed by atoms with E-state index in [0.29, 0.717) is 11.7 Å². The van der Waals surface area contributed by atoms with Crippen molar-refractivity contribution in [3.05, 3.63) is 52.5 Å². The second-order valence-electron chi connectivity index (χ2n) is 8.43. The van der Waals surface area contributed by atoms with Crippen LogP contribution in [0.1, 0.15) is 19.3 Å². The van der Waals surface area contributed by atoms with Crippen molar-refractivity contribution in [2.45, 2.75) is 30.2 Å². The first kappa shape index (κ1) is 25.8. The van der Waals surface area contributed by atoms with Crippen molar-refractivity contribution in [3.63, 3.8) is 0 Å². The van der Waals surface area contributed by atoms with Gasteiger partial charge in [-0.05, 0) is 63.3 Å². The van der Waals surface area contributed by atoms with Crippen LogP contribution in [0.15, 0.2) is 47.4 Å². The smallest absolute Gasteiger partial charge is 0.244 e. The summed E-state index contributed by atoms with van der Waals surface area (Å²) < 4.78 is 26.6. The van der Waals surface area contributed by atoms with E-state index < -0.39 is 10.0 Å². The van der Waals surface area contributed by atoms with E-state index in [9.17, 15) is 13.2 Å². The molecule has 0 spiro atoms. The molecule has 0 aromatic heterocycles. The van der Waals surface area contributed by atoms with Crippen LogP contribution in [0.25, 0.3) is 0 Å². The second-order valence-corrected chi connectivity index (χ2v) is 11.2. The van der Waals surface area contributed by atoms with Crippen LogP contribution in [0.3, 0.4) is 0 Å². The van der Waals surface area contributed by atoms with Crippen molar-refractivity contribution >= 4 is 50.5 Å². The highest BCUT2D eigenvalue weighted by molar-refractivity contribution is 7.89. The predicted octanol–water partition coefficient (Wildman–Crippen LogP) is 4.17. The topological polar surface area (TPSA) is 73.0 Å². The van der Waals surface area contributed by atoms with Crippen LogP contribution in [0, 0.1) is 0 Å². The summed E-state index contributed by atoms with van der Waals surface area (Å²) >= 11 is 12.0. The average molecular weight is 513 g/mol. The zero-order valence-corrected chi connectivity index (χ0v) is 21.4. The number of nitrogens with one attached hydrogen (secondary N) is 1. The van der Waals surface area contributed by atoms with E-state index in [0.717, 1.165) is 29.5 Å². The van der Waals surface area contributed by atoms with E-state index in [4.69, 9.17) is 23.2 Å². The lowest BCUT2D eigenvalue weighted by atomic mass is 10.0. The minimum absolute atomic E-state index is 0.00626. The molecule has 1 heterocycles. The van der Waals surface area contributed by atoms with Gasteiger partial charge in [-0.1, -0.05) is 29.3 Å². The molecule has 33 heavy (non-hydrogen) atoms. The summed E-state index contributed by atoms with van der Waals surface area (Å²) in [6, 6.07) is 12.7. The van der Waals surface area contributed by atoms with Gasteiger partial charge in [-0.25, -0.2) is 12.7 Å². The molecule has 2 aromatic rings. The van der Waals surface area contributed by atoms with Gasteiger partial charge in [0.25, 0.3) is 0 Å². The number of hydrogen-bond donors (Lipinski definition) is 1. The molecule has 0 aliphatic carbocycles. The molecular weight excluding hydrogens is 483 g/mol. The lowest BCUT2D eigenvalue weighted by Crippen LogP contribution is -2.45. The number of sulfonamides is 1. The van der Waals surface area contributed by atoms with Crippen molar-refractivity contribution in [2.75, 3.05) is 51.0 Å². The Morgan fingerprint density at radius 3 is 2.48 bits per heavy atom. The average Bonchev–Trinajstić information content (AvgIpc) is 2.79. The van der Waals surface area contributed by atoms with E-state index >= 15 is 0 Å². The Morgan fingerprint density at radius 1 is 1.12 bits per heavy atom. The maximum atomic E-state index is 12.8. The molecule has 0 bridgehead atoms. The maximum Gasteiger partial charge on any atom is 0.244 e. The molecule has 10 heteroatoms. The number of carbonyl (C=O) groups excluding carboxylic acids is 1.